The summed E-state index contributed by atoms with van der Waals surface area (Å²) in [5.74, 6) is -0.949. The SMILES string of the molecule is CN(C1CCCCC1)S(=O)(=O)c1ccc(C(=O)Nc2ccc3c(c2)C(=O)c2ccccc2C3=O)cc1. The fraction of sp³-hybridized carbons (Fsp3) is 0.250. The van der Waals surface area contributed by atoms with Gasteiger partial charge in [0.05, 0.1) is 4.90 Å². The van der Waals surface area contributed by atoms with Crippen molar-refractivity contribution in [2.75, 3.05) is 12.4 Å². The topological polar surface area (TPSA) is 101 Å². The number of nitrogens with one attached hydrogen (secondary N) is 1. The summed E-state index contributed by atoms with van der Waals surface area (Å²) in [6.45, 7) is 0. The summed E-state index contributed by atoms with van der Waals surface area (Å²) >= 11 is 0. The maximum atomic E-state index is 13.1. The molecule has 0 aliphatic heterocycles. The van der Waals surface area contributed by atoms with Gasteiger partial charge in [0.15, 0.2) is 11.6 Å². The average molecular weight is 503 g/mol. The minimum absolute atomic E-state index is 0.00251. The normalized spacial score (nSPS) is 15.9. The fourth-order valence-electron chi connectivity index (χ4n) is 4.97. The summed E-state index contributed by atoms with van der Waals surface area (Å²) in [6, 6.07) is 17.1. The fourth-order valence-corrected chi connectivity index (χ4v) is 6.38. The molecule has 0 atom stereocenters. The van der Waals surface area contributed by atoms with E-state index in [4.69, 9.17) is 0 Å². The molecule has 1 amide bonds. The third kappa shape index (κ3) is 4.27. The molecular formula is C28H26N2O5S. The van der Waals surface area contributed by atoms with Crippen LogP contribution in [-0.2, 0) is 10.0 Å². The Morgan fingerprint density at radius 1 is 0.806 bits per heavy atom. The van der Waals surface area contributed by atoms with Crippen LogP contribution in [0.25, 0.3) is 0 Å². The highest BCUT2D eigenvalue weighted by Crippen LogP contribution is 2.30. The second-order valence-corrected chi connectivity index (χ2v) is 11.3. The minimum Gasteiger partial charge on any atom is -0.322 e. The minimum atomic E-state index is -3.65. The van der Waals surface area contributed by atoms with Gasteiger partial charge in [-0.3, -0.25) is 14.4 Å². The lowest BCUT2D eigenvalue weighted by molar-refractivity contribution is 0.0979. The third-order valence-electron chi connectivity index (χ3n) is 7.07. The molecule has 36 heavy (non-hydrogen) atoms. The van der Waals surface area contributed by atoms with Gasteiger partial charge in [0.25, 0.3) is 5.91 Å². The molecule has 0 saturated heterocycles. The largest absolute Gasteiger partial charge is 0.322 e. The van der Waals surface area contributed by atoms with Crippen LogP contribution in [-0.4, -0.2) is 43.3 Å². The Morgan fingerprint density at radius 3 is 2.03 bits per heavy atom. The standard InChI is InChI=1S/C28H26N2O5S/c1-30(20-7-3-2-4-8-20)36(34,35)21-14-11-18(12-15-21)28(33)29-19-13-16-24-25(17-19)27(32)23-10-6-5-9-22(23)26(24)31/h5-6,9-17,20H,2-4,7-8H2,1H3,(H,29,33). The van der Waals surface area contributed by atoms with Crippen LogP contribution in [0.4, 0.5) is 5.69 Å². The second-order valence-electron chi connectivity index (χ2n) is 9.26. The first-order valence-corrected chi connectivity index (χ1v) is 13.4. The Bertz CT molecular complexity index is 1470. The van der Waals surface area contributed by atoms with Crippen LogP contribution in [0.3, 0.4) is 0 Å². The number of hydrogen-bond acceptors (Lipinski definition) is 5. The lowest BCUT2D eigenvalue weighted by Crippen LogP contribution is -2.38. The molecule has 0 radical (unpaired) electrons. The quantitative estimate of drug-likeness (QED) is 0.428. The lowest BCUT2D eigenvalue weighted by atomic mass is 9.84. The molecule has 5 rings (SSSR count). The highest BCUT2D eigenvalue weighted by atomic mass is 32.2. The average Bonchev–Trinajstić information content (AvgIpc) is 2.91. The van der Waals surface area contributed by atoms with Gasteiger partial charge in [0.1, 0.15) is 0 Å². The van der Waals surface area contributed by atoms with Crippen LogP contribution in [0.15, 0.2) is 71.6 Å². The first-order valence-electron chi connectivity index (χ1n) is 12.0. The molecule has 1 saturated carbocycles. The van der Waals surface area contributed by atoms with Crippen molar-refractivity contribution in [3.8, 4) is 0 Å². The predicted octanol–water partition coefficient (Wildman–Crippen LogP) is 4.67. The number of fused-ring (bicyclic) bond motifs is 2. The van der Waals surface area contributed by atoms with E-state index in [0.29, 0.717) is 22.4 Å². The Morgan fingerprint density at radius 2 is 1.39 bits per heavy atom. The van der Waals surface area contributed by atoms with Crippen molar-refractivity contribution in [3.05, 3.63) is 94.5 Å². The van der Waals surface area contributed by atoms with Crippen molar-refractivity contribution in [2.24, 2.45) is 0 Å². The highest BCUT2D eigenvalue weighted by Gasteiger charge is 2.30. The predicted molar refractivity (Wildman–Crippen MR) is 136 cm³/mol. The Kier molecular flexibility index (Phi) is 6.32. The molecule has 0 heterocycles. The van der Waals surface area contributed by atoms with Crippen molar-refractivity contribution in [3.63, 3.8) is 0 Å². The molecule has 3 aromatic rings. The summed E-state index contributed by atoms with van der Waals surface area (Å²) < 4.78 is 27.6. The van der Waals surface area contributed by atoms with E-state index in [1.54, 1.807) is 37.4 Å². The van der Waals surface area contributed by atoms with E-state index in [1.165, 1.54) is 40.7 Å². The number of amides is 1. The van der Waals surface area contributed by atoms with Crippen molar-refractivity contribution in [2.45, 2.75) is 43.0 Å². The van der Waals surface area contributed by atoms with E-state index >= 15 is 0 Å². The van der Waals surface area contributed by atoms with Crippen LogP contribution in [0, 0.1) is 0 Å². The summed E-state index contributed by atoms with van der Waals surface area (Å²) in [7, 11) is -2.04. The number of nitrogens with zero attached hydrogens (tertiary/aromatic N) is 1. The molecule has 1 N–H and O–H groups in total. The van der Waals surface area contributed by atoms with Gasteiger partial charge in [0, 0.05) is 46.6 Å². The zero-order valence-electron chi connectivity index (χ0n) is 19.9. The smallest absolute Gasteiger partial charge is 0.255 e. The number of rotatable bonds is 5. The number of sulfonamides is 1. The Balaban J connectivity index is 1.33. The van der Waals surface area contributed by atoms with Crippen molar-refractivity contribution < 1.29 is 22.8 Å². The van der Waals surface area contributed by atoms with E-state index in [1.807, 2.05) is 0 Å². The number of anilines is 1. The summed E-state index contributed by atoms with van der Waals surface area (Å²) in [6.07, 6.45) is 4.90. The molecule has 0 bridgehead atoms. The summed E-state index contributed by atoms with van der Waals surface area (Å²) in [5, 5.41) is 2.74. The van der Waals surface area contributed by atoms with Gasteiger partial charge in [-0.25, -0.2) is 8.42 Å². The molecule has 7 nitrogen and oxygen atoms in total. The second kappa shape index (κ2) is 9.44. The molecule has 0 unspecified atom stereocenters. The maximum Gasteiger partial charge on any atom is 0.255 e. The molecular weight excluding hydrogens is 476 g/mol. The molecule has 0 aromatic heterocycles. The monoisotopic (exact) mass is 502 g/mol. The third-order valence-corrected chi connectivity index (χ3v) is 8.99. The zero-order chi connectivity index (χ0) is 25.4. The van der Waals surface area contributed by atoms with Crippen LogP contribution in [0.2, 0.25) is 0 Å². The molecule has 2 aliphatic carbocycles. The van der Waals surface area contributed by atoms with Crippen LogP contribution in [0.5, 0.6) is 0 Å². The molecule has 184 valence electrons. The van der Waals surface area contributed by atoms with Crippen molar-refractivity contribution >= 4 is 33.2 Å². The van der Waals surface area contributed by atoms with Gasteiger partial charge in [0.2, 0.25) is 10.0 Å². The Hall–Kier alpha value is -3.62. The van der Waals surface area contributed by atoms with Gasteiger partial charge in [-0.05, 0) is 55.3 Å². The highest BCUT2D eigenvalue weighted by molar-refractivity contribution is 7.89. The maximum absolute atomic E-state index is 13.1. The van der Waals surface area contributed by atoms with E-state index in [0.717, 1.165) is 32.1 Å². The molecule has 3 aromatic carbocycles. The number of carbonyl (C=O) groups is 3. The number of hydrogen-bond donors (Lipinski definition) is 1. The van der Waals surface area contributed by atoms with Crippen molar-refractivity contribution in [1.29, 1.82) is 0 Å². The molecule has 2 aliphatic rings. The van der Waals surface area contributed by atoms with Crippen LogP contribution >= 0.6 is 0 Å². The Labute approximate surface area is 210 Å². The van der Waals surface area contributed by atoms with E-state index in [9.17, 15) is 22.8 Å². The molecule has 1 fully saturated rings. The number of carbonyl (C=O) groups excluding carboxylic acids is 3. The van der Waals surface area contributed by atoms with Gasteiger partial charge in [-0.1, -0.05) is 43.5 Å². The van der Waals surface area contributed by atoms with E-state index < -0.39 is 15.9 Å². The van der Waals surface area contributed by atoms with Crippen molar-refractivity contribution in [1.82, 2.24) is 4.31 Å². The van der Waals surface area contributed by atoms with Gasteiger partial charge >= 0.3 is 0 Å². The van der Waals surface area contributed by atoms with Gasteiger partial charge < -0.3 is 5.32 Å². The first kappa shape index (κ1) is 24.1. The summed E-state index contributed by atoms with van der Waals surface area (Å²) in [5.41, 5.74) is 1.90. The van der Waals surface area contributed by atoms with Gasteiger partial charge in [-0.2, -0.15) is 4.31 Å². The molecule has 0 spiro atoms. The molecule has 8 heteroatoms. The first-order chi connectivity index (χ1) is 17.3. The summed E-state index contributed by atoms with van der Waals surface area (Å²) in [4.78, 5) is 38.7. The van der Waals surface area contributed by atoms with E-state index in [2.05, 4.69) is 5.32 Å². The van der Waals surface area contributed by atoms with E-state index in [-0.39, 0.29) is 33.6 Å². The zero-order valence-corrected chi connectivity index (χ0v) is 20.7. The number of benzene rings is 3. The van der Waals surface area contributed by atoms with Crippen LogP contribution in [0.1, 0.15) is 74.3 Å². The lowest BCUT2D eigenvalue weighted by Gasteiger charge is -2.30. The number of ketones is 2. The van der Waals surface area contributed by atoms with Crippen LogP contribution < -0.4 is 5.32 Å². The van der Waals surface area contributed by atoms with Gasteiger partial charge in [-0.15, -0.1) is 0 Å².